The number of hydrogen-bond acceptors (Lipinski definition) is 5. The van der Waals surface area contributed by atoms with E-state index in [4.69, 9.17) is 9.15 Å². The van der Waals surface area contributed by atoms with E-state index in [9.17, 15) is 19.1 Å². The van der Waals surface area contributed by atoms with Crippen molar-refractivity contribution in [1.29, 1.82) is 0 Å². The van der Waals surface area contributed by atoms with Crippen molar-refractivity contribution < 1.29 is 28.2 Å². The number of aryl methyl sites for hydroxylation is 1. The Bertz CT molecular complexity index is 1170. The van der Waals surface area contributed by atoms with Crippen LogP contribution in [0.15, 0.2) is 70.9 Å². The number of rotatable bonds is 5. The molecule has 7 heteroatoms. The molecular weight excluding hydrogens is 401 g/mol. The second-order valence-corrected chi connectivity index (χ2v) is 7.25. The van der Waals surface area contributed by atoms with Gasteiger partial charge in [-0.25, -0.2) is 4.39 Å². The van der Waals surface area contributed by atoms with Crippen molar-refractivity contribution in [1.82, 2.24) is 4.90 Å². The van der Waals surface area contributed by atoms with Crippen LogP contribution in [0.25, 0.3) is 5.76 Å². The summed E-state index contributed by atoms with van der Waals surface area (Å²) in [5, 5.41) is 10.9. The number of halogens is 1. The topological polar surface area (TPSA) is 80.0 Å². The molecule has 1 N–H and O–H groups in total. The lowest BCUT2D eigenvalue weighted by Gasteiger charge is -2.23. The summed E-state index contributed by atoms with van der Waals surface area (Å²) < 4.78 is 24.3. The van der Waals surface area contributed by atoms with E-state index < -0.39 is 23.5 Å². The van der Waals surface area contributed by atoms with Crippen LogP contribution in [-0.2, 0) is 16.1 Å². The number of likely N-dealkylation sites (tertiary alicyclic amines) is 1. The van der Waals surface area contributed by atoms with Crippen LogP contribution in [0.4, 0.5) is 4.39 Å². The molecule has 3 aromatic rings. The van der Waals surface area contributed by atoms with Crippen molar-refractivity contribution in [3.8, 4) is 5.75 Å². The van der Waals surface area contributed by atoms with Crippen LogP contribution >= 0.6 is 0 Å². The zero-order valence-electron chi connectivity index (χ0n) is 17.0. The SMILES string of the molecule is COc1ccc(CN2C(=O)C(=O)/C(=C(\O)c3ccc(F)c(C)c3)C2c2ccco2)cc1. The number of hydrogen-bond donors (Lipinski definition) is 1. The molecule has 0 bridgehead atoms. The standard InChI is InChI=1S/C24H20FNO5/c1-14-12-16(7-10-18(14)25)22(27)20-21(19-4-3-11-31-19)26(24(29)23(20)28)13-15-5-8-17(30-2)9-6-15/h3-12,21,27H,13H2,1-2H3/b22-20-. The van der Waals surface area contributed by atoms with Gasteiger partial charge in [-0.2, -0.15) is 0 Å². The Balaban J connectivity index is 1.80. The lowest BCUT2D eigenvalue weighted by Crippen LogP contribution is -2.29. The van der Waals surface area contributed by atoms with Crippen LogP contribution in [0, 0.1) is 12.7 Å². The number of methoxy groups -OCH3 is 1. The van der Waals surface area contributed by atoms with E-state index in [0.717, 1.165) is 5.56 Å². The number of carbonyl (C=O) groups excluding carboxylic acids is 2. The number of amides is 1. The predicted octanol–water partition coefficient (Wildman–Crippen LogP) is 4.36. The molecule has 4 rings (SSSR count). The van der Waals surface area contributed by atoms with Crippen LogP contribution in [-0.4, -0.2) is 28.8 Å². The average molecular weight is 421 g/mol. The Morgan fingerprint density at radius 1 is 1.16 bits per heavy atom. The molecule has 0 radical (unpaired) electrons. The van der Waals surface area contributed by atoms with Crippen molar-refractivity contribution in [2.45, 2.75) is 19.5 Å². The summed E-state index contributed by atoms with van der Waals surface area (Å²) in [6.45, 7) is 1.68. The molecule has 1 aromatic heterocycles. The Kier molecular flexibility index (Phi) is 5.33. The van der Waals surface area contributed by atoms with Gasteiger partial charge in [-0.05, 0) is 60.5 Å². The quantitative estimate of drug-likeness (QED) is 0.376. The van der Waals surface area contributed by atoms with Crippen molar-refractivity contribution in [3.05, 3.63) is 94.7 Å². The largest absolute Gasteiger partial charge is 0.507 e. The van der Waals surface area contributed by atoms with E-state index in [1.54, 1.807) is 50.4 Å². The van der Waals surface area contributed by atoms with Gasteiger partial charge in [0.15, 0.2) is 0 Å². The smallest absolute Gasteiger partial charge is 0.296 e. The highest BCUT2D eigenvalue weighted by molar-refractivity contribution is 6.46. The molecule has 2 aromatic carbocycles. The van der Waals surface area contributed by atoms with E-state index >= 15 is 0 Å². The van der Waals surface area contributed by atoms with Crippen LogP contribution in [0.3, 0.4) is 0 Å². The lowest BCUT2D eigenvalue weighted by atomic mass is 9.98. The number of ketones is 1. The first-order valence-corrected chi connectivity index (χ1v) is 9.62. The second kappa shape index (κ2) is 8.10. The molecule has 1 unspecified atom stereocenters. The van der Waals surface area contributed by atoms with Crippen LogP contribution in [0.5, 0.6) is 5.75 Å². The minimum absolute atomic E-state index is 0.0977. The Morgan fingerprint density at radius 3 is 2.52 bits per heavy atom. The van der Waals surface area contributed by atoms with Crippen molar-refractivity contribution >= 4 is 17.4 Å². The van der Waals surface area contributed by atoms with Gasteiger partial charge >= 0.3 is 0 Å². The number of aliphatic hydroxyl groups is 1. The molecular formula is C24H20FNO5. The normalized spacial score (nSPS) is 17.9. The summed E-state index contributed by atoms with van der Waals surface area (Å²) in [5.74, 6) is -1.38. The average Bonchev–Trinajstić information content (AvgIpc) is 3.38. The zero-order chi connectivity index (χ0) is 22.1. The van der Waals surface area contributed by atoms with E-state index in [2.05, 4.69) is 0 Å². The third kappa shape index (κ3) is 3.70. The summed E-state index contributed by atoms with van der Waals surface area (Å²) in [7, 11) is 1.56. The number of nitrogens with zero attached hydrogens (tertiary/aromatic N) is 1. The Hall–Kier alpha value is -3.87. The molecule has 1 amide bonds. The van der Waals surface area contributed by atoms with E-state index in [1.807, 2.05) is 0 Å². The lowest BCUT2D eigenvalue weighted by molar-refractivity contribution is -0.140. The van der Waals surface area contributed by atoms with Gasteiger partial charge in [0, 0.05) is 12.1 Å². The maximum Gasteiger partial charge on any atom is 0.296 e. The van der Waals surface area contributed by atoms with E-state index in [0.29, 0.717) is 17.1 Å². The molecule has 2 heterocycles. The fourth-order valence-electron chi connectivity index (χ4n) is 3.66. The van der Waals surface area contributed by atoms with E-state index in [-0.39, 0.29) is 23.4 Å². The van der Waals surface area contributed by atoms with Gasteiger partial charge < -0.3 is 19.2 Å². The molecule has 0 saturated carbocycles. The number of furan rings is 1. The molecule has 0 spiro atoms. The predicted molar refractivity (Wildman–Crippen MR) is 111 cm³/mol. The molecule has 1 fully saturated rings. The minimum Gasteiger partial charge on any atom is -0.507 e. The Morgan fingerprint density at radius 2 is 1.90 bits per heavy atom. The maximum absolute atomic E-state index is 13.7. The first-order valence-electron chi connectivity index (χ1n) is 9.62. The van der Waals surface area contributed by atoms with Crippen molar-refractivity contribution in [2.75, 3.05) is 7.11 Å². The van der Waals surface area contributed by atoms with Crippen LogP contribution in [0.1, 0.15) is 28.5 Å². The van der Waals surface area contributed by atoms with Crippen molar-refractivity contribution in [2.24, 2.45) is 0 Å². The van der Waals surface area contributed by atoms with Gasteiger partial charge in [-0.1, -0.05) is 12.1 Å². The van der Waals surface area contributed by atoms with E-state index in [1.165, 1.54) is 29.4 Å². The van der Waals surface area contributed by atoms with Gasteiger partial charge in [0.2, 0.25) is 0 Å². The molecule has 1 saturated heterocycles. The molecule has 1 aliphatic rings. The molecule has 1 atom stereocenters. The molecule has 1 aliphatic heterocycles. The summed E-state index contributed by atoms with van der Waals surface area (Å²) in [4.78, 5) is 27.2. The molecule has 6 nitrogen and oxygen atoms in total. The third-order valence-electron chi connectivity index (χ3n) is 5.30. The fourth-order valence-corrected chi connectivity index (χ4v) is 3.66. The zero-order valence-corrected chi connectivity index (χ0v) is 17.0. The fraction of sp³-hybridized carbons (Fsp3) is 0.167. The van der Waals surface area contributed by atoms with Gasteiger partial charge in [0.25, 0.3) is 11.7 Å². The molecule has 31 heavy (non-hydrogen) atoms. The minimum atomic E-state index is -0.914. The third-order valence-corrected chi connectivity index (χ3v) is 5.30. The van der Waals surface area contributed by atoms with Gasteiger partial charge in [-0.3, -0.25) is 9.59 Å². The number of Topliss-reactive ketones (excluding diaryl/α,β-unsaturated/α-hetero) is 1. The number of carbonyl (C=O) groups is 2. The Labute approximate surface area is 178 Å². The summed E-state index contributed by atoms with van der Waals surface area (Å²) in [6.07, 6.45) is 1.44. The van der Waals surface area contributed by atoms with Gasteiger partial charge in [0.05, 0.1) is 18.9 Å². The molecule has 158 valence electrons. The van der Waals surface area contributed by atoms with Crippen LogP contribution in [0.2, 0.25) is 0 Å². The monoisotopic (exact) mass is 421 g/mol. The summed E-state index contributed by atoms with van der Waals surface area (Å²) >= 11 is 0. The first kappa shape index (κ1) is 20.4. The summed E-state index contributed by atoms with van der Waals surface area (Å²) in [5.41, 5.74) is 1.24. The number of aliphatic hydroxyl groups excluding tert-OH is 1. The van der Waals surface area contributed by atoms with Gasteiger partial charge in [-0.15, -0.1) is 0 Å². The van der Waals surface area contributed by atoms with Gasteiger partial charge in [0.1, 0.15) is 29.1 Å². The van der Waals surface area contributed by atoms with Crippen LogP contribution < -0.4 is 4.74 Å². The second-order valence-electron chi connectivity index (χ2n) is 7.25. The maximum atomic E-state index is 13.7. The van der Waals surface area contributed by atoms with Crippen molar-refractivity contribution in [3.63, 3.8) is 0 Å². The first-order chi connectivity index (χ1) is 14.9. The molecule has 0 aliphatic carbocycles. The highest BCUT2D eigenvalue weighted by Gasteiger charge is 2.47. The summed E-state index contributed by atoms with van der Waals surface area (Å²) in [6, 6.07) is 13.5. The highest BCUT2D eigenvalue weighted by atomic mass is 19.1. The number of ether oxygens (including phenoxy) is 1. The highest BCUT2D eigenvalue weighted by Crippen LogP contribution is 2.40. The number of benzene rings is 2.